The highest BCUT2D eigenvalue weighted by molar-refractivity contribution is 6.02. The number of fused-ring (bicyclic) bond motifs is 2. The monoisotopic (exact) mass is 467 g/mol. The highest BCUT2D eigenvalue weighted by atomic mass is 16.5. The summed E-state index contributed by atoms with van der Waals surface area (Å²) in [6, 6.07) is 20.5. The second kappa shape index (κ2) is 9.26. The van der Waals surface area contributed by atoms with Gasteiger partial charge in [-0.15, -0.1) is 0 Å². The van der Waals surface area contributed by atoms with Crippen molar-refractivity contribution in [2.45, 2.75) is 52.9 Å². The lowest BCUT2D eigenvalue weighted by Gasteiger charge is -2.35. The first-order valence-corrected chi connectivity index (χ1v) is 12.5. The molecule has 35 heavy (non-hydrogen) atoms. The summed E-state index contributed by atoms with van der Waals surface area (Å²) in [6.07, 6.45) is 4.80. The number of carboxylic acid groups (broad SMARTS) is 1. The zero-order valence-corrected chi connectivity index (χ0v) is 20.8. The average Bonchev–Trinajstić information content (AvgIpc) is 3.21. The van der Waals surface area contributed by atoms with E-state index < -0.39 is 5.97 Å². The van der Waals surface area contributed by atoms with Crippen LogP contribution in [0.5, 0.6) is 5.75 Å². The first kappa shape index (κ1) is 23.2. The molecular formula is C31H33NO3. The Bertz CT molecular complexity index is 1440. The lowest BCUT2D eigenvalue weighted by molar-refractivity contribution is 0.0690. The van der Waals surface area contributed by atoms with Crippen molar-refractivity contribution in [3.8, 4) is 5.75 Å². The summed E-state index contributed by atoms with van der Waals surface area (Å²) in [6.45, 7) is 7.35. The standard InChI is InChI=1S/C31H33NO3/c1-20-10-8-18-31(2,3)27(20)25-15-7-14-23-24(29(30(33)34)32-28(23)25)16-9-19-35-26-17-6-12-21-11-4-5-13-22(21)26/h4-7,11-15,17,32H,8-10,16,18-19H2,1-3H3,(H,33,34). The zero-order chi connectivity index (χ0) is 24.6. The zero-order valence-electron chi connectivity index (χ0n) is 20.8. The molecule has 5 rings (SSSR count). The number of carboxylic acids is 1. The first-order valence-electron chi connectivity index (χ1n) is 12.5. The maximum Gasteiger partial charge on any atom is 0.352 e. The molecule has 0 amide bonds. The topological polar surface area (TPSA) is 62.3 Å². The van der Waals surface area contributed by atoms with E-state index in [1.807, 2.05) is 30.3 Å². The number of ether oxygens (including phenoxy) is 1. The van der Waals surface area contributed by atoms with E-state index in [2.05, 4.69) is 56.1 Å². The summed E-state index contributed by atoms with van der Waals surface area (Å²) in [5.41, 5.74) is 6.08. The van der Waals surface area contributed by atoms with Gasteiger partial charge >= 0.3 is 5.97 Å². The van der Waals surface area contributed by atoms with E-state index in [0.29, 0.717) is 18.7 Å². The third-order valence-corrected chi connectivity index (χ3v) is 7.46. The van der Waals surface area contributed by atoms with E-state index >= 15 is 0 Å². The number of rotatable bonds is 7. The normalized spacial score (nSPS) is 15.6. The molecule has 4 nitrogen and oxygen atoms in total. The minimum Gasteiger partial charge on any atom is -0.493 e. The van der Waals surface area contributed by atoms with Gasteiger partial charge in [-0.05, 0) is 67.0 Å². The van der Waals surface area contributed by atoms with Crippen LogP contribution in [0, 0.1) is 5.41 Å². The molecule has 0 aliphatic heterocycles. The minimum atomic E-state index is -0.911. The van der Waals surface area contributed by atoms with Crippen LogP contribution in [0.25, 0.3) is 27.2 Å². The van der Waals surface area contributed by atoms with Gasteiger partial charge < -0.3 is 14.8 Å². The van der Waals surface area contributed by atoms with E-state index in [4.69, 9.17) is 4.74 Å². The molecule has 0 spiro atoms. The Balaban J connectivity index is 1.44. The quantitative estimate of drug-likeness (QED) is 0.271. The van der Waals surface area contributed by atoms with Gasteiger partial charge in [0.25, 0.3) is 0 Å². The Labute approximate surface area is 206 Å². The molecule has 1 heterocycles. The summed E-state index contributed by atoms with van der Waals surface area (Å²) < 4.78 is 6.13. The van der Waals surface area contributed by atoms with Crippen LogP contribution >= 0.6 is 0 Å². The maximum absolute atomic E-state index is 12.2. The number of aromatic amines is 1. The molecule has 0 radical (unpaired) electrons. The van der Waals surface area contributed by atoms with Crippen molar-refractivity contribution in [3.05, 3.63) is 83.1 Å². The molecule has 1 aromatic heterocycles. The van der Waals surface area contributed by atoms with Gasteiger partial charge in [0.05, 0.1) is 12.1 Å². The van der Waals surface area contributed by atoms with Crippen molar-refractivity contribution in [3.63, 3.8) is 0 Å². The Hall–Kier alpha value is -3.53. The summed E-state index contributed by atoms with van der Waals surface area (Å²) in [7, 11) is 0. The van der Waals surface area contributed by atoms with Crippen molar-refractivity contribution < 1.29 is 14.6 Å². The molecule has 0 unspecified atom stereocenters. The molecule has 4 heteroatoms. The summed E-state index contributed by atoms with van der Waals surface area (Å²) >= 11 is 0. The fourth-order valence-electron chi connectivity index (χ4n) is 5.89. The Morgan fingerprint density at radius 2 is 1.77 bits per heavy atom. The van der Waals surface area contributed by atoms with E-state index in [-0.39, 0.29) is 5.41 Å². The average molecular weight is 468 g/mol. The number of allylic oxidation sites excluding steroid dienone is 2. The van der Waals surface area contributed by atoms with Gasteiger partial charge in [-0.1, -0.05) is 74.0 Å². The van der Waals surface area contributed by atoms with Gasteiger partial charge in [-0.3, -0.25) is 0 Å². The van der Waals surface area contributed by atoms with Crippen LogP contribution < -0.4 is 4.74 Å². The van der Waals surface area contributed by atoms with Gasteiger partial charge in [0.2, 0.25) is 0 Å². The third kappa shape index (κ3) is 4.34. The molecule has 0 bridgehead atoms. The number of hydrogen-bond acceptors (Lipinski definition) is 2. The van der Waals surface area contributed by atoms with Gasteiger partial charge in [-0.25, -0.2) is 4.79 Å². The number of carbonyl (C=O) groups is 1. The van der Waals surface area contributed by atoms with Crippen molar-refractivity contribution in [2.24, 2.45) is 5.41 Å². The van der Waals surface area contributed by atoms with Crippen LogP contribution in [0.15, 0.2) is 66.2 Å². The Morgan fingerprint density at radius 1 is 1.03 bits per heavy atom. The molecule has 1 aliphatic carbocycles. The van der Waals surface area contributed by atoms with Gasteiger partial charge in [-0.2, -0.15) is 0 Å². The van der Waals surface area contributed by atoms with Gasteiger partial charge in [0.1, 0.15) is 11.4 Å². The largest absolute Gasteiger partial charge is 0.493 e. The molecule has 0 fully saturated rings. The molecule has 3 aromatic carbocycles. The summed E-state index contributed by atoms with van der Waals surface area (Å²) in [4.78, 5) is 15.5. The van der Waals surface area contributed by atoms with Crippen molar-refractivity contribution >= 4 is 33.2 Å². The van der Waals surface area contributed by atoms with Gasteiger partial charge in [0.15, 0.2) is 0 Å². The van der Waals surface area contributed by atoms with Crippen LogP contribution in [-0.2, 0) is 6.42 Å². The first-order chi connectivity index (χ1) is 16.9. The number of H-pyrrole nitrogens is 1. The Kier molecular flexibility index (Phi) is 6.14. The molecule has 0 saturated heterocycles. The summed E-state index contributed by atoms with van der Waals surface area (Å²) in [5, 5.41) is 13.3. The molecule has 0 saturated carbocycles. The second-order valence-corrected chi connectivity index (χ2v) is 10.3. The van der Waals surface area contributed by atoms with Crippen molar-refractivity contribution in [1.29, 1.82) is 0 Å². The third-order valence-electron chi connectivity index (χ3n) is 7.46. The number of nitrogens with one attached hydrogen (secondary N) is 1. The fourth-order valence-corrected chi connectivity index (χ4v) is 5.89. The molecule has 0 atom stereocenters. The lowest BCUT2D eigenvalue weighted by Crippen LogP contribution is -2.19. The lowest BCUT2D eigenvalue weighted by atomic mass is 9.70. The predicted octanol–water partition coefficient (Wildman–Crippen LogP) is 8.01. The molecule has 4 aromatic rings. The van der Waals surface area contributed by atoms with Crippen molar-refractivity contribution in [1.82, 2.24) is 4.98 Å². The predicted molar refractivity (Wildman–Crippen MR) is 143 cm³/mol. The summed E-state index contributed by atoms with van der Waals surface area (Å²) in [5.74, 6) is -0.0459. The fraction of sp³-hybridized carbons (Fsp3) is 0.323. The number of aromatic nitrogens is 1. The van der Waals surface area contributed by atoms with E-state index in [0.717, 1.165) is 57.8 Å². The smallest absolute Gasteiger partial charge is 0.352 e. The number of para-hydroxylation sites is 1. The number of aromatic carboxylic acids is 1. The number of aryl methyl sites for hydroxylation is 1. The van der Waals surface area contributed by atoms with Crippen LogP contribution in [0.4, 0.5) is 0 Å². The van der Waals surface area contributed by atoms with Crippen LogP contribution in [0.1, 0.15) is 68.1 Å². The highest BCUT2D eigenvalue weighted by Crippen LogP contribution is 2.47. The number of hydrogen-bond donors (Lipinski definition) is 2. The van der Waals surface area contributed by atoms with Crippen LogP contribution in [-0.4, -0.2) is 22.7 Å². The van der Waals surface area contributed by atoms with E-state index in [9.17, 15) is 9.90 Å². The van der Waals surface area contributed by atoms with Crippen LogP contribution in [0.3, 0.4) is 0 Å². The van der Waals surface area contributed by atoms with E-state index in [1.165, 1.54) is 17.6 Å². The Morgan fingerprint density at radius 3 is 2.57 bits per heavy atom. The number of benzene rings is 3. The maximum atomic E-state index is 12.2. The minimum absolute atomic E-state index is 0.0670. The highest BCUT2D eigenvalue weighted by Gasteiger charge is 2.31. The molecule has 180 valence electrons. The van der Waals surface area contributed by atoms with E-state index in [1.54, 1.807) is 0 Å². The molecule has 1 aliphatic rings. The molecular weight excluding hydrogens is 434 g/mol. The molecule has 2 N–H and O–H groups in total. The second-order valence-electron chi connectivity index (χ2n) is 10.3. The van der Waals surface area contributed by atoms with Gasteiger partial charge in [0, 0.05) is 16.3 Å². The SMILES string of the molecule is CC1=C(c2cccc3c(CCCOc4cccc5ccccc45)c(C(=O)O)[nH]c23)C(C)(C)CCC1. The van der Waals surface area contributed by atoms with Crippen LogP contribution in [0.2, 0.25) is 0 Å². The van der Waals surface area contributed by atoms with Crippen molar-refractivity contribution in [2.75, 3.05) is 6.61 Å².